The molecule has 110 valence electrons. The summed E-state index contributed by atoms with van der Waals surface area (Å²) < 4.78 is 12.9. The van der Waals surface area contributed by atoms with E-state index in [4.69, 9.17) is 5.11 Å². The first kappa shape index (κ1) is 15.2. The van der Waals surface area contributed by atoms with Crippen molar-refractivity contribution in [3.8, 4) is 11.1 Å². The van der Waals surface area contributed by atoms with E-state index in [-0.39, 0.29) is 24.7 Å². The van der Waals surface area contributed by atoms with Gasteiger partial charge in [-0.05, 0) is 36.2 Å². The van der Waals surface area contributed by atoms with Crippen molar-refractivity contribution in [2.45, 2.75) is 13.3 Å². The topological polar surface area (TPSA) is 66.4 Å². The fourth-order valence-corrected chi connectivity index (χ4v) is 2.84. The maximum atomic E-state index is 12.9. The van der Waals surface area contributed by atoms with Gasteiger partial charge in [0.15, 0.2) is 0 Å². The van der Waals surface area contributed by atoms with Crippen LogP contribution in [0.25, 0.3) is 11.1 Å². The number of aryl methyl sites for hydroxylation is 1. The molecule has 0 atom stereocenters. The van der Waals surface area contributed by atoms with Crippen molar-refractivity contribution >= 4 is 23.2 Å². The fraction of sp³-hybridized carbons (Fsp3) is 0.200. The zero-order valence-electron chi connectivity index (χ0n) is 11.4. The Balaban J connectivity index is 2.13. The van der Waals surface area contributed by atoms with Gasteiger partial charge in [0.05, 0.1) is 11.3 Å². The minimum Gasteiger partial charge on any atom is -0.481 e. The first-order valence-corrected chi connectivity index (χ1v) is 7.15. The lowest BCUT2D eigenvalue weighted by molar-refractivity contribution is -0.136. The second-order valence-electron chi connectivity index (χ2n) is 4.49. The van der Waals surface area contributed by atoms with E-state index in [0.29, 0.717) is 4.88 Å². The molecule has 0 spiro atoms. The summed E-state index contributed by atoms with van der Waals surface area (Å²) in [6.45, 7) is 1.98. The van der Waals surface area contributed by atoms with E-state index >= 15 is 0 Å². The molecule has 2 N–H and O–H groups in total. The van der Waals surface area contributed by atoms with Crippen molar-refractivity contribution in [1.29, 1.82) is 0 Å². The summed E-state index contributed by atoms with van der Waals surface area (Å²) in [6, 6.07) is 7.81. The number of rotatable bonds is 5. The Morgan fingerprint density at radius 3 is 2.57 bits per heavy atom. The van der Waals surface area contributed by atoms with E-state index in [9.17, 15) is 14.0 Å². The van der Waals surface area contributed by atoms with E-state index in [1.54, 1.807) is 18.2 Å². The third-order valence-electron chi connectivity index (χ3n) is 2.92. The van der Waals surface area contributed by atoms with Crippen molar-refractivity contribution in [3.63, 3.8) is 0 Å². The SMILES string of the molecule is Cc1sc(C(=O)NCCC(=O)O)cc1-c1ccc(F)cc1. The number of carboxylic acids is 1. The smallest absolute Gasteiger partial charge is 0.305 e. The molecule has 0 saturated heterocycles. The second-order valence-corrected chi connectivity index (χ2v) is 5.74. The highest BCUT2D eigenvalue weighted by molar-refractivity contribution is 7.14. The molecule has 0 aliphatic heterocycles. The summed E-state index contributed by atoms with van der Waals surface area (Å²) in [5.74, 6) is -1.55. The van der Waals surface area contributed by atoms with Gasteiger partial charge in [-0.3, -0.25) is 9.59 Å². The van der Waals surface area contributed by atoms with Gasteiger partial charge in [-0.2, -0.15) is 0 Å². The first-order valence-electron chi connectivity index (χ1n) is 6.33. The van der Waals surface area contributed by atoms with Crippen LogP contribution in [0.1, 0.15) is 21.0 Å². The van der Waals surface area contributed by atoms with Crippen LogP contribution in [0.2, 0.25) is 0 Å². The van der Waals surface area contributed by atoms with Crippen LogP contribution in [0.5, 0.6) is 0 Å². The molecular formula is C15H14FNO3S. The zero-order chi connectivity index (χ0) is 15.4. The highest BCUT2D eigenvalue weighted by Crippen LogP contribution is 2.31. The minimum absolute atomic E-state index is 0.0942. The lowest BCUT2D eigenvalue weighted by Gasteiger charge is -2.00. The highest BCUT2D eigenvalue weighted by Gasteiger charge is 2.13. The summed E-state index contributed by atoms with van der Waals surface area (Å²) in [6.07, 6.45) is -0.110. The zero-order valence-corrected chi connectivity index (χ0v) is 12.2. The van der Waals surface area contributed by atoms with E-state index in [1.165, 1.54) is 23.5 Å². The number of halogens is 1. The van der Waals surface area contributed by atoms with Crippen LogP contribution in [0.4, 0.5) is 4.39 Å². The van der Waals surface area contributed by atoms with E-state index < -0.39 is 5.97 Å². The molecule has 1 heterocycles. The number of aliphatic carboxylic acids is 1. The Morgan fingerprint density at radius 1 is 1.29 bits per heavy atom. The van der Waals surface area contributed by atoms with Crippen LogP contribution in [-0.4, -0.2) is 23.5 Å². The van der Waals surface area contributed by atoms with Gasteiger partial charge in [0.2, 0.25) is 0 Å². The molecule has 0 bridgehead atoms. The Morgan fingerprint density at radius 2 is 1.95 bits per heavy atom. The molecule has 6 heteroatoms. The van der Waals surface area contributed by atoms with Crippen molar-refractivity contribution in [3.05, 3.63) is 45.9 Å². The Hall–Kier alpha value is -2.21. The van der Waals surface area contributed by atoms with Gasteiger partial charge in [0, 0.05) is 11.4 Å². The average Bonchev–Trinajstić information content (AvgIpc) is 2.81. The predicted molar refractivity (Wildman–Crippen MR) is 79.0 cm³/mol. The summed E-state index contributed by atoms with van der Waals surface area (Å²) in [7, 11) is 0. The third kappa shape index (κ3) is 3.88. The number of hydrogen-bond donors (Lipinski definition) is 2. The van der Waals surface area contributed by atoms with Crippen LogP contribution in [0.15, 0.2) is 30.3 Å². The van der Waals surface area contributed by atoms with Gasteiger partial charge in [0.1, 0.15) is 5.82 Å². The number of benzene rings is 1. The van der Waals surface area contributed by atoms with Gasteiger partial charge in [-0.1, -0.05) is 12.1 Å². The first-order chi connectivity index (χ1) is 9.97. The van der Waals surface area contributed by atoms with Crippen LogP contribution >= 0.6 is 11.3 Å². The van der Waals surface area contributed by atoms with E-state index in [0.717, 1.165) is 16.0 Å². The lowest BCUT2D eigenvalue weighted by atomic mass is 10.1. The molecule has 0 aliphatic carbocycles. The van der Waals surface area contributed by atoms with Crippen LogP contribution in [0.3, 0.4) is 0 Å². The molecule has 1 aromatic heterocycles. The van der Waals surface area contributed by atoms with Crippen molar-refractivity contribution in [1.82, 2.24) is 5.32 Å². The molecule has 0 saturated carbocycles. The monoisotopic (exact) mass is 307 g/mol. The molecular weight excluding hydrogens is 293 g/mol. The standard InChI is InChI=1S/C15H14FNO3S/c1-9-12(10-2-4-11(16)5-3-10)8-13(21-9)15(20)17-7-6-14(18)19/h2-5,8H,6-7H2,1H3,(H,17,20)(H,18,19). The predicted octanol–water partition coefficient (Wildman–Crippen LogP) is 3.07. The third-order valence-corrected chi connectivity index (χ3v) is 3.97. The summed E-state index contributed by atoms with van der Waals surface area (Å²) >= 11 is 1.33. The molecule has 0 radical (unpaired) electrons. The highest BCUT2D eigenvalue weighted by atomic mass is 32.1. The van der Waals surface area contributed by atoms with Crippen molar-refractivity contribution in [2.75, 3.05) is 6.54 Å². The van der Waals surface area contributed by atoms with E-state index in [1.807, 2.05) is 6.92 Å². The van der Waals surface area contributed by atoms with Gasteiger partial charge in [-0.15, -0.1) is 11.3 Å². The molecule has 1 amide bonds. The number of carbonyl (C=O) groups excluding carboxylic acids is 1. The fourth-order valence-electron chi connectivity index (χ4n) is 1.88. The lowest BCUT2D eigenvalue weighted by Crippen LogP contribution is -2.25. The number of nitrogens with one attached hydrogen (secondary N) is 1. The minimum atomic E-state index is -0.954. The molecule has 4 nitrogen and oxygen atoms in total. The van der Waals surface area contributed by atoms with Gasteiger partial charge in [-0.25, -0.2) is 4.39 Å². The second kappa shape index (κ2) is 6.49. The number of carbonyl (C=O) groups is 2. The normalized spacial score (nSPS) is 10.4. The maximum Gasteiger partial charge on any atom is 0.305 e. The summed E-state index contributed by atoms with van der Waals surface area (Å²) in [5.41, 5.74) is 1.72. The number of amides is 1. The average molecular weight is 307 g/mol. The van der Waals surface area contributed by atoms with Gasteiger partial charge < -0.3 is 10.4 Å². The van der Waals surface area contributed by atoms with Gasteiger partial charge >= 0.3 is 5.97 Å². The number of carboxylic acid groups (broad SMARTS) is 1. The molecule has 21 heavy (non-hydrogen) atoms. The number of thiophene rings is 1. The quantitative estimate of drug-likeness (QED) is 0.892. The summed E-state index contributed by atoms with van der Waals surface area (Å²) in [4.78, 5) is 23.8. The van der Waals surface area contributed by atoms with Crippen LogP contribution < -0.4 is 5.32 Å². The Bertz CT molecular complexity index is 664. The molecule has 0 aliphatic rings. The van der Waals surface area contributed by atoms with Crippen molar-refractivity contribution < 1.29 is 19.1 Å². The maximum absolute atomic E-state index is 12.9. The largest absolute Gasteiger partial charge is 0.481 e. The number of hydrogen-bond acceptors (Lipinski definition) is 3. The van der Waals surface area contributed by atoms with E-state index in [2.05, 4.69) is 5.32 Å². The molecule has 0 unspecified atom stereocenters. The van der Waals surface area contributed by atoms with Gasteiger partial charge in [0.25, 0.3) is 5.91 Å². The molecule has 2 aromatic rings. The Kier molecular flexibility index (Phi) is 4.70. The van der Waals surface area contributed by atoms with Crippen LogP contribution in [-0.2, 0) is 4.79 Å². The Labute approximate surface area is 125 Å². The van der Waals surface area contributed by atoms with Crippen molar-refractivity contribution in [2.24, 2.45) is 0 Å². The molecule has 2 rings (SSSR count). The van der Waals surface area contributed by atoms with Crippen LogP contribution in [0, 0.1) is 12.7 Å². The molecule has 1 aromatic carbocycles. The summed E-state index contributed by atoms with van der Waals surface area (Å²) in [5, 5.41) is 11.1. The molecule has 0 fully saturated rings.